The minimum absolute atomic E-state index is 0.00347. The minimum Gasteiger partial charge on any atom is -0.456 e. The van der Waals surface area contributed by atoms with Gasteiger partial charge in [-0.25, -0.2) is 0 Å². The lowest BCUT2D eigenvalue weighted by atomic mass is 9.83. The van der Waals surface area contributed by atoms with Crippen LogP contribution in [0.5, 0.6) is 0 Å². The molecule has 0 atom stereocenters. The van der Waals surface area contributed by atoms with Crippen LogP contribution in [0.3, 0.4) is 0 Å². The molecule has 0 aliphatic carbocycles. The van der Waals surface area contributed by atoms with Crippen molar-refractivity contribution in [1.29, 1.82) is 0 Å². The molecule has 0 aliphatic heterocycles. The third-order valence-corrected chi connectivity index (χ3v) is 7.12. The summed E-state index contributed by atoms with van der Waals surface area (Å²) in [5.41, 5.74) is 2.68. The molecule has 0 fully saturated rings. The smallest absolute Gasteiger partial charge is 0.136 e. The molecule has 1 nitrogen and oxygen atoms in total. The monoisotopic (exact) mass is 507 g/mol. The average Bonchev–Trinajstić information content (AvgIpc) is 3.49. The quantitative estimate of drug-likeness (QED) is 0.217. The molecule has 7 aromatic carbocycles. The molecule has 39 heavy (non-hydrogen) atoms. The summed E-state index contributed by atoms with van der Waals surface area (Å²) in [6.45, 7) is 0. The fourth-order valence-electron chi connectivity index (χ4n) is 5.52. The third kappa shape index (κ3) is 3.34. The first-order valence-corrected chi connectivity index (χ1v) is 12.5. The number of hydrogen-bond acceptors (Lipinski definition) is 1. The van der Waals surface area contributed by atoms with E-state index in [9.17, 15) is 6.85 Å². The molecule has 8 rings (SSSR count). The predicted molar refractivity (Wildman–Crippen MR) is 165 cm³/mol. The second-order valence-corrected chi connectivity index (χ2v) is 9.20. The lowest BCUT2D eigenvalue weighted by Gasteiger charge is -2.20. The number of benzene rings is 7. The summed E-state index contributed by atoms with van der Waals surface area (Å²) in [7, 11) is 0. The summed E-state index contributed by atoms with van der Waals surface area (Å²) in [4.78, 5) is 0. The maximum absolute atomic E-state index is 9.33. The highest BCUT2D eigenvalue weighted by Crippen LogP contribution is 2.48. The second kappa shape index (κ2) is 8.72. The molecule has 1 heteroatoms. The molecule has 8 aromatic rings. The van der Waals surface area contributed by atoms with Gasteiger partial charge >= 0.3 is 0 Å². The van der Waals surface area contributed by atoms with Gasteiger partial charge in [-0.05, 0) is 67.1 Å². The maximum atomic E-state index is 9.33. The number of rotatable bonds is 3. The van der Waals surface area contributed by atoms with E-state index in [-0.39, 0.29) is 56.4 Å². The Balaban J connectivity index is 1.73. The first-order valence-electron chi connectivity index (χ1n) is 18.0. The van der Waals surface area contributed by atoms with E-state index in [1.807, 2.05) is 18.2 Å². The van der Waals surface area contributed by atoms with Crippen molar-refractivity contribution in [2.75, 3.05) is 0 Å². The number of hydrogen-bond donors (Lipinski definition) is 0. The Morgan fingerprint density at radius 2 is 1.05 bits per heavy atom. The Morgan fingerprint density at radius 1 is 0.410 bits per heavy atom. The van der Waals surface area contributed by atoms with Gasteiger partial charge in [0.1, 0.15) is 11.2 Å². The van der Waals surface area contributed by atoms with E-state index in [2.05, 4.69) is 0 Å². The Labute approximate surface area is 242 Å². The average molecular weight is 508 g/mol. The van der Waals surface area contributed by atoms with Gasteiger partial charge in [-0.2, -0.15) is 0 Å². The van der Waals surface area contributed by atoms with Crippen LogP contribution < -0.4 is 0 Å². The lowest BCUT2D eigenvalue weighted by molar-refractivity contribution is 0.669. The van der Waals surface area contributed by atoms with Crippen molar-refractivity contribution in [1.82, 2.24) is 0 Å². The summed E-state index contributed by atoms with van der Waals surface area (Å²) >= 11 is 0. The minimum atomic E-state index is -0.550. The van der Waals surface area contributed by atoms with Crippen molar-refractivity contribution in [3.8, 4) is 33.4 Å². The van der Waals surface area contributed by atoms with Crippen molar-refractivity contribution >= 4 is 43.5 Å². The molecule has 0 saturated heterocycles. The van der Waals surface area contributed by atoms with E-state index in [0.29, 0.717) is 38.6 Å². The molecule has 0 spiro atoms. The SMILES string of the molecule is [2H]c1ccc(-c2cc([2H])cc([2H])c2-c2c3c([2H])c([2H])c([2H])c([2H])c3c(-c3cccc4oc5ccccc5c34)c3c([2H])c([2H])c([2H])c([2H])c23)cc1. The fraction of sp³-hybridized carbons (Fsp3) is 0. The largest absolute Gasteiger partial charge is 0.456 e. The summed E-state index contributed by atoms with van der Waals surface area (Å²) < 4.78 is 104. The molecular formula is C38H24O. The summed E-state index contributed by atoms with van der Waals surface area (Å²) in [5.74, 6) is 0. The molecule has 0 amide bonds. The Morgan fingerprint density at radius 3 is 1.77 bits per heavy atom. The molecule has 0 bridgehead atoms. The maximum Gasteiger partial charge on any atom is 0.136 e. The molecule has 0 N–H and O–H groups in total. The summed E-state index contributed by atoms with van der Waals surface area (Å²) in [6, 6.07) is 17.9. The molecule has 1 heterocycles. The molecule has 0 radical (unpaired) electrons. The van der Waals surface area contributed by atoms with Gasteiger partial charge < -0.3 is 4.42 Å². The zero-order chi connectivity index (χ0) is 35.3. The van der Waals surface area contributed by atoms with Crippen LogP contribution in [-0.4, -0.2) is 0 Å². The Bertz CT molecular complexity index is 2690. The third-order valence-electron chi connectivity index (χ3n) is 7.12. The highest BCUT2D eigenvalue weighted by molar-refractivity contribution is 6.26. The Hall–Kier alpha value is -5.14. The van der Waals surface area contributed by atoms with Crippen molar-refractivity contribution in [3.63, 3.8) is 0 Å². The van der Waals surface area contributed by atoms with Crippen molar-refractivity contribution < 1.29 is 19.5 Å². The topological polar surface area (TPSA) is 13.1 Å². The molecule has 0 saturated carbocycles. The summed E-state index contributed by atoms with van der Waals surface area (Å²) in [5, 5.41) is 1.29. The van der Waals surface area contributed by atoms with E-state index in [0.717, 1.165) is 0 Å². The highest BCUT2D eigenvalue weighted by atomic mass is 16.3. The molecular weight excluding hydrogens is 472 g/mol. The summed E-state index contributed by atoms with van der Waals surface area (Å²) in [6.07, 6.45) is 0. The number of para-hydroxylation sites is 1. The molecule has 0 unspecified atom stereocenters. The van der Waals surface area contributed by atoms with Crippen molar-refractivity contribution in [2.45, 2.75) is 0 Å². The van der Waals surface area contributed by atoms with Crippen LogP contribution in [-0.2, 0) is 0 Å². The van der Waals surface area contributed by atoms with Gasteiger partial charge in [-0.15, -0.1) is 0 Å². The zero-order valence-electron chi connectivity index (χ0n) is 31.4. The zero-order valence-corrected chi connectivity index (χ0v) is 20.4. The first kappa shape index (κ1) is 13.6. The van der Waals surface area contributed by atoms with Crippen LogP contribution in [0.1, 0.15) is 15.1 Å². The van der Waals surface area contributed by atoms with Crippen LogP contribution in [0, 0.1) is 0 Å². The normalized spacial score (nSPS) is 15.5. The van der Waals surface area contributed by atoms with Gasteiger partial charge in [0, 0.05) is 10.8 Å². The number of fused-ring (bicyclic) bond motifs is 5. The van der Waals surface area contributed by atoms with Gasteiger partial charge in [0.05, 0.1) is 15.1 Å². The van der Waals surface area contributed by atoms with E-state index in [1.165, 1.54) is 12.1 Å². The van der Waals surface area contributed by atoms with Crippen LogP contribution in [0.15, 0.2) is 150 Å². The van der Waals surface area contributed by atoms with E-state index in [4.69, 9.17) is 12.6 Å². The molecule has 1 aromatic heterocycles. The lowest BCUT2D eigenvalue weighted by Crippen LogP contribution is -1.93. The van der Waals surface area contributed by atoms with Crippen LogP contribution >= 0.6 is 0 Å². The van der Waals surface area contributed by atoms with Crippen LogP contribution in [0.25, 0.3) is 76.9 Å². The van der Waals surface area contributed by atoms with Gasteiger partial charge in [-0.1, -0.05) is 133 Å². The van der Waals surface area contributed by atoms with Gasteiger partial charge in [0.15, 0.2) is 0 Å². The Kier molecular flexibility index (Phi) is 3.04. The van der Waals surface area contributed by atoms with E-state index < -0.39 is 48.3 Å². The van der Waals surface area contributed by atoms with Gasteiger partial charge in [0.2, 0.25) is 0 Å². The van der Waals surface area contributed by atoms with E-state index in [1.54, 1.807) is 48.5 Å². The first-order chi connectivity index (χ1) is 23.9. The van der Waals surface area contributed by atoms with Crippen molar-refractivity contribution in [2.24, 2.45) is 0 Å². The van der Waals surface area contributed by atoms with E-state index >= 15 is 0 Å². The van der Waals surface area contributed by atoms with Crippen LogP contribution in [0.4, 0.5) is 0 Å². The predicted octanol–water partition coefficient (Wildman–Crippen LogP) is 10.9. The fourth-order valence-corrected chi connectivity index (χ4v) is 5.52. The molecule has 0 aliphatic rings. The highest BCUT2D eigenvalue weighted by Gasteiger charge is 2.21. The number of furan rings is 1. The second-order valence-electron chi connectivity index (χ2n) is 9.20. The van der Waals surface area contributed by atoms with Crippen molar-refractivity contribution in [3.05, 3.63) is 145 Å². The van der Waals surface area contributed by atoms with Crippen LogP contribution in [0.2, 0.25) is 0 Å². The standard InChI is InChI=1S/C38H24O/c1-2-13-25(14-3-1)26-15-4-5-16-27(26)36-28-17-6-8-19-30(28)37(31-20-9-7-18-29(31)36)33-22-12-24-35-38(33)32-21-10-11-23-34(32)39-35/h1-24H/i1D,4D,6D,7D,8D,9D,16D,17D,18D,19D,20D. The molecule has 182 valence electrons. The van der Waals surface area contributed by atoms with Gasteiger partial charge in [0.25, 0.3) is 0 Å². The van der Waals surface area contributed by atoms with Gasteiger partial charge in [-0.3, -0.25) is 0 Å².